The third-order valence-corrected chi connectivity index (χ3v) is 7.39. The van der Waals surface area contributed by atoms with Gasteiger partial charge in [-0.15, -0.1) is 0 Å². The van der Waals surface area contributed by atoms with Crippen molar-refractivity contribution in [3.8, 4) is 11.4 Å². The number of aryl methyl sites for hydroxylation is 1. The van der Waals surface area contributed by atoms with Crippen molar-refractivity contribution in [3.05, 3.63) is 108 Å². The summed E-state index contributed by atoms with van der Waals surface area (Å²) in [6.45, 7) is 6.92. The number of hydrogen-bond donors (Lipinski definition) is 0. The Morgan fingerprint density at radius 3 is 2.33 bits per heavy atom. The van der Waals surface area contributed by atoms with Crippen LogP contribution in [0.1, 0.15) is 28.9 Å². The lowest BCUT2D eigenvalue weighted by Gasteiger charge is -2.24. The Kier molecular flexibility index (Phi) is 7.23. The highest BCUT2D eigenvalue weighted by Gasteiger charge is 2.22. The molecule has 0 radical (unpaired) electrons. The standard InChI is InChI=1S/C32H34N6O/c1-24-9-11-25(12-10-24)21-30-34-31(29-22-33-38(32(29)35-30)27-7-4-3-5-8-27)37-18-6-17-36(19-20-37)23-26-13-15-28(39-2)16-14-26/h3-5,7-16,22H,6,17-21,23H2,1-2H3. The zero-order valence-corrected chi connectivity index (χ0v) is 22.6. The largest absolute Gasteiger partial charge is 0.497 e. The minimum absolute atomic E-state index is 0.681. The molecular formula is C32H34N6O. The van der Waals surface area contributed by atoms with Crippen molar-refractivity contribution in [2.24, 2.45) is 0 Å². The van der Waals surface area contributed by atoms with Crippen LogP contribution in [0.2, 0.25) is 0 Å². The molecule has 0 aliphatic carbocycles. The summed E-state index contributed by atoms with van der Waals surface area (Å²) in [5.41, 5.74) is 5.62. The summed E-state index contributed by atoms with van der Waals surface area (Å²) in [7, 11) is 1.71. The van der Waals surface area contributed by atoms with Gasteiger partial charge in [-0.3, -0.25) is 4.90 Å². The zero-order valence-electron chi connectivity index (χ0n) is 22.6. The van der Waals surface area contributed by atoms with E-state index < -0.39 is 0 Å². The Morgan fingerprint density at radius 2 is 1.56 bits per heavy atom. The van der Waals surface area contributed by atoms with Gasteiger partial charge >= 0.3 is 0 Å². The summed E-state index contributed by atoms with van der Waals surface area (Å²) in [6.07, 6.45) is 3.68. The first-order chi connectivity index (χ1) is 19.2. The van der Waals surface area contributed by atoms with Crippen molar-refractivity contribution in [1.82, 2.24) is 24.6 Å². The lowest BCUT2D eigenvalue weighted by molar-refractivity contribution is 0.285. The number of hydrogen-bond acceptors (Lipinski definition) is 6. The molecule has 0 bridgehead atoms. The maximum Gasteiger partial charge on any atom is 0.168 e. The van der Waals surface area contributed by atoms with Crippen molar-refractivity contribution < 1.29 is 4.74 Å². The molecule has 0 atom stereocenters. The number of nitrogens with zero attached hydrogens (tertiary/aromatic N) is 6. The van der Waals surface area contributed by atoms with Gasteiger partial charge < -0.3 is 9.64 Å². The van der Waals surface area contributed by atoms with Crippen molar-refractivity contribution in [1.29, 1.82) is 0 Å². The molecule has 1 aliphatic rings. The number of rotatable bonds is 7. The molecule has 198 valence electrons. The normalized spacial score (nSPS) is 14.5. The molecule has 7 heteroatoms. The molecule has 1 fully saturated rings. The number of ether oxygens (including phenoxy) is 1. The molecule has 0 saturated carbocycles. The first kappa shape index (κ1) is 25.1. The van der Waals surface area contributed by atoms with Crippen LogP contribution in [0.5, 0.6) is 5.75 Å². The van der Waals surface area contributed by atoms with Gasteiger partial charge in [0, 0.05) is 39.1 Å². The number of aromatic nitrogens is 4. The smallest absolute Gasteiger partial charge is 0.168 e. The molecule has 0 spiro atoms. The number of fused-ring (bicyclic) bond motifs is 1. The number of para-hydroxylation sites is 1. The molecular weight excluding hydrogens is 484 g/mol. The van der Waals surface area contributed by atoms with Gasteiger partial charge in [-0.05, 0) is 48.7 Å². The van der Waals surface area contributed by atoms with Crippen LogP contribution in [-0.2, 0) is 13.0 Å². The zero-order chi connectivity index (χ0) is 26.6. The molecule has 0 amide bonds. The van der Waals surface area contributed by atoms with Crippen molar-refractivity contribution in [3.63, 3.8) is 0 Å². The molecule has 0 N–H and O–H groups in total. The van der Waals surface area contributed by atoms with E-state index in [0.29, 0.717) is 6.42 Å². The second-order valence-corrected chi connectivity index (χ2v) is 10.2. The van der Waals surface area contributed by atoms with E-state index in [9.17, 15) is 0 Å². The van der Waals surface area contributed by atoms with Crippen LogP contribution < -0.4 is 9.64 Å². The molecule has 0 unspecified atom stereocenters. The molecule has 5 aromatic rings. The van der Waals surface area contributed by atoms with Gasteiger partial charge in [0.1, 0.15) is 17.4 Å². The van der Waals surface area contributed by atoms with E-state index in [0.717, 1.165) is 73.3 Å². The first-order valence-electron chi connectivity index (χ1n) is 13.6. The minimum Gasteiger partial charge on any atom is -0.497 e. The molecule has 2 aromatic heterocycles. The fourth-order valence-corrected chi connectivity index (χ4v) is 5.23. The SMILES string of the molecule is COc1ccc(CN2CCCN(c3nc(Cc4ccc(C)cc4)nc4c3cnn4-c3ccccc3)CC2)cc1. The monoisotopic (exact) mass is 518 g/mol. The summed E-state index contributed by atoms with van der Waals surface area (Å²) in [5.74, 6) is 2.69. The van der Waals surface area contributed by atoms with Crippen LogP contribution >= 0.6 is 0 Å². The minimum atomic E-state index is 0.681. The topological polar surface area (TPSA) is 59.3 Å². The second kappa shape index (κ2) is 11.3. The van der Waals surface area contributed by atoms with Crippen LogP contribution in [0.15, 0.2) is 85.1 Å². The number of anilines is 1. The first-order valence-corrected chi connectivity index (χ1v) is 13.6. The Hall–Kier alpha value is -4.23. The fraction of sp³-hybridized carbons (Fsp3) is 0.281. The molecule has 3 aromatic carbocycles. The second-order valence-electron chi connectivity index (χ2n) is 10.2. The lowest BCUT2D eigenvalue weighted by Crippen LogP contribution is -2.31. The number of benzene rings is 3. The summed E-state index contributed by atoms with van der Waals surface area (Å²) in [5, 5.41) is 5.75. The van der Waals surface area contributed by atoms with Crippen LogP contribution in [0.25, 0.3) is 16.7 Å². The quantitative estimate of drug-likeness (QED) is 0.286. The van der Waals surface area contributed by atoms with Crippen molar-refractivity contribution in [2.45, 2.75) is 26.3 Å². The van der Waals surface area contributed by atoms with E-state index in [2.05, 4.69) is 65.3 Å². The van der Waals surface area contributed by atoms with Gasteiger partial charge in [-0.25, -0.2) is 14.6 Å². The van der Waals surface area contributed by atoms with E-state index in [4.69, 9.17) is 19.8 Å². The third kappa shape index (κ3) is 5.64. The molecule has 3 heterocycles. The fourth-order valence-electron chi connectivity index (χ4n) is 5.23. The molecule has 39 heavy (non-hydrogen) atoms. The van der Waals surface area contributed by atoms with E-state index in [-0.39, 0.29) is 0 Å². The van der Waals surface area contributed by atoms with Gasteiger partial charge in [-0.2, -0.15) is 5.10 Å². The molecule has 1 saturated heterocycles. The van der Waals surface area contributed by atoms with E-state index >= 15 is 0 Å². The van der Waals surface area contributed by atoms with Gasteiger partial charge in [0.25, 0.3) is 0 Å². The summed E-state index contributed by atoms with van der Waals surface area (Å²) < 4.78 is 7.26. The van der Waals surface area contributed by atoms with Crippen LogP contribution in [-0.4, -0.2) is 57.9 Å². The van der Waals surface area contributed by atoms with Gasteiger partial charge in [-0.1, -0.05) is 60.2 Å². The summed E-state index contributed by atoms with van der Waals surface area (Å²) in [6, 6.07) is 27.2. The Labute approximate surface area is 229 Å². The van der Waals surface area contributed by atoms with Crippen LogP contribution in [0, 0.1) is 6.92 Å². The van der Waals surface area contributed by atoms with Crippen LogP contribution in [0.3, 0.4) is 0 Å². The van der Waals surface area contributed by atoms with E-state index in [1.807, 2.05) is 41.2 Å². The summed E-state index contributed by atoms with van der Waals surface area (Å²) in [4.78, 5) is 15.1. The van der Waals surface area contributed by atoms with Crippen LogP contribution in [0.4, 0.5) is 5.82 Å². The van der Waals surface area contributed by atoms with Gasteiger partial charge in [0.15, 0.2) is 5.65 Å². The van der Waals surface area contributed by atoms with Gasteiger partial charge in [0.05, 0.1) is 24.4 Å². The maximum atomic E-state index is 5.32. The predicted molar refractivity (Wildman–Crippen MR) is 156 cm³/mol. The van der Waals surface area contributed by atoms with Crippen molar-refractivity contribution in [2.75, 3.05) is 38.2 Å². The predicted octanol–water partition coefficient (Wildman–Crippen LogP) is 5.44. The average Bonchev–Trinajstić information content (AvgIpc) is 3.26. The van der Waals surface area contributed by atoms with Gasteiger partial charge in [0.2, 0.25) is 0 Å². The Bertz CT molecular complexity index is 1530. The lowest BCUT2D eigenvalue weighted by atomic mass is 10.1. The highest BCUT2D eigenvalue weighted by Crippen LogP contribution is 2.28. The third-order valence-electron chi connectivity index (χ3n) is 7.39. The average molecular weight is 519 g/mol. The highest BCUT2D eigenvalue weighted by molar-refractivity contribution is 5.88. The summed E-state index contributed by atoms with van der Waals surface area (Å²) >= 11 is 0. The highest BCUT2D eigenvalue weighted by atomic mass is 16.5. The molecule has 1 aliphatic heterocycles. The van der Waals surface area contributed by atoms with Crippen molar-refractivity contribution >= 4 is 16.9 Å². The van der Waals surface area contributed by atoms with E-state index in [1.54, 1.807) is 7.11 Å². The van der Waals surface area contributed by atoms with E-state index in [1.165, 1.54) is 16.7 Å². The number of methoxy groups -OCH3 is 1. The Balaban J connectivity index is 1.30. The maximum absolute atomic E-state index is 5.32. The molecule has 6 rings (SSSR count). The Morgan fingerprint density at radius 1 is 0.795 bits per heavy atom. The molecule has 7 nitrogen and oxygen atoms in total.